The first-order valence-electron chi connectivity index (χ1n) is 6.28. The summed E-state index contributed by atoms with van der Waals surface area (Å²) in [5.41, 5.74) is 6.32. The average molecular weight is 297 g/mol. The molecule has 5 atom stereocenters. The van der Waals surface area contributed by atoms with Crippen LogP contribution in [0.4, 0.5) is 5.82 Å². The summed E-state index contributed by atoms with van der Waals surface area (Å²) in [7, 11) is 0. The van der Waals surface area contributed by atoms with Crippen molar-refractivity contribution in [2.24, 2.45) is 0 Å². The van der Waals surface area contributed by atoms with Gasteiger partial charge in [0.05, 0.1) is 12.9 Å². The maximum Gasteiger partial charge on any atom is 0.167 e. The first-order valence-corrected chi connectivity index (χ1v) is 6.28. The topological polar surface area (TPSA) is 160 Å². The van der Waals surface area contributed by atoms with Gasteiger partial charge in [0.1, 0.15) is 36.3 Å². The number of ether oxygens (including phenoxy) is 1. The van der Waals surface area contributed by atoms with Crippen LogP contribution in [-0.2, 0) is 4.74 Å². The zero-order valence-corrected chi connectivity index (χ0v) is 10.8. The van der Waals surface area contributed by atoms with Crippen molar-refractivity contribution in [3.8, 4) is 0 Å². The van der Waals surface area contributed by atoms with Crippen LogP contribution in [0, 0.1) is 0 Å². The van der Waals surface area contributed by atoms with Crippen LogP contribution in [0.3, 0.4) is 0 Å². The Morgan fingerprint density at radius 1 is 1.14 bits per heavy atom. The highest BCUT2D eigenvalue weighted by Gasteiger charge is 2.44. The molecule has 10 heteroatoms. The minimum atomic E-state index is -1.47. The fraction of sp³-hybridized carbons (Fsp3) is 0.545. The van der Waals surface area contributed by atoms with Crippen LogP contribution in [0.15, 0.2) is 12.7 Å². The quantitative estimate of drug-likeness (QED) is 0.400. The van der Waals surface area contributed by atoms with Crippen molar-refractivity contribution in [3.05, 3.63) is 12.7 Å². The second-order valence-corrected chi connectivity index (χ2v) is 4.80. The van der Waals surface area contributed by atoms with E-state index in [1.54, 1.807) is 0 Å². The molecule has 10 nitrogen and oxygen atoms in total. The summed E-state index contributed by atoms with van der Waals surface area (Å²) < 4.78 is 6.81. The van der Waals surface area contributed by atoms with Gasteiger partial charge in [0, 0.05) is 0 Å². The Morgan fingerprint density at radius 2 is 1.90 bits per heavy atom. The van der Waals surface area contributed by atoms with Gasteiger partial charge in [0.15, 0.2) is 17.7 Å². The number of nitrogens with zero attached hydrogens (tertiary/aromatic N) is 4. The number of anilines is 1. The van der Waals surface area contributed by atoms with Crippen LogP contribution in [0.25, 0.3) is 11.2 Å². The first kappa shape index (κ1) is 14.1. The Morgan fingerprint density at radius 3 is 2.62 bits per heavy atom. The number of aromatic nitrogens is 4. The molecule has 1 aliphatic heterocycles. The molecule has 1 aliphatic rings. The summed E-state index contributed by atoms with van der Waals surface area (Å²) in [6.07, 6.45) is -3.82. The predicted molar refractivity (Wildman–Crippen MR) is 68.8 cm³/mol. The van der Waals surface area contributed by atoms with Crippen molar-refractivity contribution in [3.63, 3.8) is 0 Å². The fourth-order valence-corrected chi connectivity index (χ4v) is 2.37. The van der Waals surface area contributed by atoms with E-state index in [0.717, 1.165) is 0 Å². The van der Waals surface area contributed by atoms with Gasteiger partial charge in [-0.1, -0.05) is 0 Å². The standard InChI is InChI=1S/C11H15N5O5/c12-9-5-10(14-2-13-9)16(3-15-5)11-8(20)7(19)6(18)4(1-17)21-11/h2-4,6-8,11,17-20H,1H2,(H2,12,13,14)/t4-,6+,7+,8+,11-/m0/s1. The van der Waals surface area contributed by atoms with E-state index >= 15 is 0 Å². The molecule has 0 amide bonds. The van der Waals surface area contributed by atoms with Crippen molar-refractivity contribution < 1.29 is 25.2 Å². The molecular weight excluding hydrogens is 282 g/mol. The lowest BCUT2D eigenvalue weighted by Gasteiger charge is -2.40. The Balaban J connectivity index is 2.03. The monoisotopic (exact) mass is 297 g/mol. The highest BCUT2D eigenvalue weighted by atomic mass is 16.6. The molecule has 3 heterocycles. The van der Waals surface area contributed by atoms with E-state index in [0.29, 0.717) is 11.2 Å². The molecule has 6 N–H and O–H groups in total. The highest BCUT2D eigenvalue weighted by Crippen LogP contribution is 2.30. The number of aliphatic hydroxyl groups is 4. The van der Waals surface area contributed by atoms with E-state index in [1.807, 2.05) is 0 Å². The highest BCUT2D eigenvalue weighted by molar-refractivity contribution is 5.81. The summed E-state index contributed by atoms with van der Waals surface area (Å²) >= 11 is 0. The first-order chi connectivity index (χ1) is 10.0. The van der Waals surface area contributed by atoms with Gasteiger partial charge in [0.25, 0.3) is 0 Å². The van der Waals surface area contributed by atoms with E-state index in [1.165, 1.54) is 17.2 Å². The number of nitrogen functional groups attached to an aromatic ring is 1. The lowest BCUT2D eigenvalue weighted by molar-refractivity contribution is -0.250. The third kappa shape index (κ3) is 2.13. The number of fused-ring (bicyclic) bond motifs is 1. The molecule has 0 aliphatic carbocycles. The molecular formula is C11H15N5O5. The lowest BCUT2D eigenvalue weighted by atomic mass is 9.98. The zero-order chi connectivity index (χ0) is 15.1. The number of hydrogen-bond donors (Lipinski definition) is 5. The second-order valence-electron chi connectivity index (χ2n) is 4.80. The maximum atomic E-state index is 10.1. The minimum absolute atomic E-state index is 0.170. The van der Waals surface area contributed by atoms with Crippen LogP contribution >= 0.6 is 0 Å². The molecule has 0 saturated carbocycles. The average Bonchev–Trinajstić information content (AvgIpc) is 2.91. The summed E-state index contributed by atoms with van der Waals surface area (Å²) in [4.78, 5) is 11.9. The van der Waals surface area contributed by atoms with Gasteiger partial charge in [-0.15, -0.1) is 0 Å². The van der Waals surface area contributed by atoms with Gasteiger partial charge in [-0.05, 0) is 0 Å². The van der Waals surface area contributed by atoms with Crippen molar-refractivity contribution in [1.82, 2.24) is 19.5 Å². The third-order valence-corrected chi connectivity index (χ3v) is 3.53. The largest absolute Gasteiger partial charge is 0.394 e. The zero-order valence-electron chi connectivity index (χ0n) is 10.8. The Bertz CT molecular complexity index is 647. The van der Waals surface area contributed by atoms with Crippen LogP contribution in [0.1, 0.15) is 6.23 Å². The number of rotatable bonds is 2. The SMILES string of the molecule is Nc1ncnc2c1ncn2[C@H]1O[C@@H](CO)[C@@H](O)[C@@H](O)[C@H]1O. The Hall–Kier alpha value is -1.85. The third-order valence-electron chi connectivity index (χ3n) is 3.53. The fourth-order valence-electron chi connectivity index (χ4n) is 2.37. The molecule has 0 spiro atoms. The summed E-state index contributed by atoms with van der Waals surface area (Å²) in [6, 6.07) is 0. The summed E-state index contributed by atoms with van der Waals surface area (Å²) in [6.45, 7) is -0.509. The van der Waals surface area contributed by atoms with Crippen molar-refractivity contribution >= 4 is 17.0 Å². The second kappa shape index (κ2) is 5.16. The molecule has 21 heavy (non-hydrogen) atoms. The van der Waals surface area contributed by atoms with Crippen LogP contribution < -0.4 is 5.73 Å². The molecule has 0 radical (unpaired) electrons. The molecule has 0 unspecified atom stereocenters. The lowest BCUT2D eigenvalue weighted by Crippen LogP contribution is -2.56. The number of hydrogen-bond acceptors (Lipinski definition) is 9. The smallest absolute Gasteiger partial charge is 0.167 e. The van der Waals surface area contributed by atoms with Crippen molar-refractivity contribution in [1.29, 1.82) is 0 Å². The molecule has 114 valence electrons. The van der Waals surface area contributed by atoms with E-state index in [2.05, 4.69) is 15.0 Å². The molecule has 1 fully saturated rings. The van der Waals surface area contributed by atoms with E-state index < -0.39 is 37.3 Å². The minimum Gasteiger partial charge on any atom is -0.394 e. The van der Waals surface area contributed by atoms with Gasteiger partial charge >= 0.3 is 0 Å². The Labute approximate surface area is 118 Å². The van der Waals surface area contributed by atoms with Crippen LogP contribution in [0.5, 0.6) is 0 Å². The van der Waals surface area contributed by atoms with Crippen molar-refractivity contribution in [2.45, 2.75) is 30.6 Å². The van der Waals surface area contributed by atoms with Gasteiger partial charge in [-0.2, -0.15) is 0 Å². The van der Waals surface area contributed by atoms with Gasteiger partial charge in [-0.3, -0.25) is 4.57 Å². The molecule has 2 aromatic rings. The molecule has 0 bridgehead atoms. The van der Waals surface area contributed by atoms with E-state index in [4.69, 9.17) is 10.5 Å². The van der Waals surface area contributed by atoms with E-state index in [9.17, 15) is 20.4 Å². The molecule has 2 aromatic heterocycles. The summed E-state index contributed by atoms with van der Waals surface area (Å²) in [5, 5.41) is 38.8. The number of imidazole rings is 1. The number of aliphatic hydroxyl groups excluding tert-OH is 4. The van der Waals surface area contributed by atoms with Crippen molar-refractivity contribution in [2.75, 3.05) is 12.3 Å². The Kier molecular flexibility index (Phi) is 3.47. The van der Waals surface area contributed by atoms with E-state index in [-0.39, 0.29) is 5.82 Å². The van der Waals surface area contributed by atoms with Gasteiger partial charge in [-0.25, -0.2) is 15.0 Å². The normalized spacial score (nSPS) is 33.4. The molecule has 0 aromatic carbocycles. The van der Waals surface area contributed by atoms with Crippen LogP contribution in [-0.4, -0.2) is 71.0 Å². The van der Waals surface area contributed by atoms with Gasteiger partial charge in [0.2, 0.25) is 0 Å². The predicted octanol–water partition coefficient (Wildman–Crippen LogP) is -2.62. The molecule has 1 saturated heterocycles. The van der Waals surface area contributed by atoms with Crippen LogP contribution in [0.2, 0.25) is 0 Å². The molecule has 3 rings (SSSR count). The maximum absolute atomic E-state index is 10.1. The van der Waals surface area contributed by atoms with Gasteiger partial charge < -0.3 is 30.9 Å². The number of nitrogens with two attached hydrogens (primary N) is 1. The summed E-state index contributed by atoms with van der Waals surface area (Å²) in [5.74, 6) is 0.170.